The quantitative estimate of drug-likeness (QED) is 0.879. The molecule has 0 aromatic carbocycles. The number of hydrogen-bond donors (Lipinski definition) is 2. The van der Waals surface area contributed by atoms with Crippen molar-refractivity contribution in [2.75, 3.05) is 0 Å². The normalized spacial score (nSPS) is 12.8. The second-order valence-corrected chi connectivity index (χ2v) is 3.93. The Labute approximate surface area is 106 Å². The Bertz CT molecular complexity index is 471. The van der Waals surface area contributed by atoms with Crippen molar-refractivity contribution in [1.29, 1.82) is 0 Å². The van der Waals surface area contributed by atoms with E-state index in [0.717, 1.165) is 12.3 Å². The summed E-state index contributed by atoms with van der Waals surface area (Å²) in [5, 5.41) is 10.8. The lowest BCUT2D eigenvalue weighted by Gasteiger charge is -2.15. The van der Waals surface area contributed by atoms with Crippen LogP contribution in [0, 0.1) is 0 Å². The first-order chi connectivity index (χ1) is 8.69. The molecule has 0 fully saturated rings. The van der Waals surface area contributed by atoms with Crippen LogP contribution in [0.1, 0.15) is 34.2 Å². The van der Waals surface area contributed by atoms with Gasteiger partial charge in [0.05, 0.1) is 12.0 Å². The van der Waals surface area contributed by atoms with Gasteiger partial charge in [-0.15, -0.1) is 0 Å². The maximum absolute atomic E-state index is 12.1. The number of halogens is 3. The van der Waals surface area contributed by atoms with E-state index in [9.17, 15) is 22.8 Å². The number of carboxylic acids is 1. The molecule has 1 unspecified atom stereocenters. The second kappa shape index (κ2) is 5.68. The highest BCUT2D eigenvalue weighted by Crippen LogP contribution is 2.21. The van der Waals surface area contributed by atoms with Crippen LogP contribution >= 0.6 is 0 Å². The molecule has 2 N–H and O–H groups in total. The molecule has 104 valence electrons. The van der Waals surface area contributed by atoms with E-state index in [1.54, 1.807) is 0 Å². The Morgan fingerprint density at radius 2 is 2.05 bits per heavy atom. The van der Waals surface area contributed by atoms with Crippen LogP contribution in [0.2, 0.25) is 0 Å². The lowest BCUT2D eigenvalue weighted by molar-refractivity contribution is -0.138. The van der Waals surface area contributed by atoms with E-state index < -0.39 is 30.5 Å². The van der Waals surface area contributed by atoms with E-state index in [4.69, 9.17) is 5.11 Å². The first-order valence-corrected chi connectivity index (χ1v) is 5.26. The monoisotopic (exact) mass is 276 g/mol. The number of carbonyl (C=O) groups is 2. The predicted octanol–water partition coefficient (Wildman–Crippen LogP) is 1.85. The number of nitrogens with zero attached hydrogens (tertiary/aromatic N) is 1. The number of nitrogens with one attached hydrogen (secondary N) is 1. The van der Waals surface area contributed by atoms with E-state index in [-0.39, 0.29) is 11.3 Å². The third kappa shape index (κ3) is 4.94. The highest BCUT2D eigenvalue weighted by molar-refractivity contribution is 5.95. The van der Waals surface area contributed by atoms with E-state index in [1.807, 2.05) is 0 Å². The molecule has 1 amide bonds. The third-order valence-corrected chi connectivity index (χ3v) is 2.16. The number of rotatable bonds is 4. The molecule has 1 heterocycles. The van der Waals surface area contributed by atoms with Crippen molar-refractivity contribution in [2.24, 2.45) is 0 Å². The van der Waals surface area contributed by atoms with Crippen LogP contribution in [0.5, 0.6) is 0 Å². The van der Waals surface area contributed by atoms with Gasteiger partial charge < -0.3 is 10.4 Å². The van der Waals surface area contributed by atoms with Gasteiger partial charge in [0.25, 0.3) is 5.91 Å². The summed E-state index contributed by atoms with van der Waals surface area (Å²) in [5.41, 5.74) is -0.251. The van der Waals surface area contributed by atoms with Crippen LogP contribution in [0.25, 0.3) is 0 Å². The number of hydrogen-bond acceptors (Lipinski definition) is 3. The fourth-order valence-electron chi connectivity index (χ4n) is 1.36. The molecular formula is C11H11F3N2O3. The van der Waals surface area contributed by atoms with Gasteiger partial charge in [0.2, 0.25) is 0 Å². The topological polar surface area (TPSA) is 79.3 Å². The Morgan fingerprint density at radius 3 is 2.47 bits per heavy atom. The first-order valence-electron chi connectivity index (χ1n) is 5.26. The van der Waals surface area contributed by atoms with Crippen LogP contribution in [0.4, 0.5) is 13.2 Å². The molecule has 1 atom stereocenters. The molecule has 8 heteroatoms. The van der Waals surface area contributed by atoms with Gasteiger partial charge in [0.15, 0.2) is 0 Å². The zero-order valence-corrected chi connectivity index (χ0v) is 9.86. The molecule has 5 nitrogen and oxygen atoms in total. The summed E-state index contributed by atoms with van der Waals surface area (Å²) in [6.45, 7) is 1.23. The lowest BCUT2D eigenvalue weighted by atomic mass is 10.2. The molecular weight excluding hydrogens is 265 g/mol. The number of aromatic nitrogens is 1. The smallest absolute Gasteiger partial charge is 0.391 e. The van der Waals surface area contributed by atoms with Crippen molar-refractivity contribution < 1.29 is 27.9 Å². The molecule has 0 radical (unpaired) electrons. The maximum Gasteiger partial charge on any atom is 0.391 e. The number of amides is 1. The average Bonchev–Trinajstić information content (AvgIpc) is 2.26. The van der Waals surface area contributed by atoms with Gasteiger partial charge in [0.1, 0.15) is 5.69 Å². The fourth-order valence-corrected chi connectivity index (χ4v) is 1.36. The van der Waals surface area contributed by atoms with Crippen molar-refractivity contribution in [1.82, 2.24) is 10.3 Å². The maximum atomic E-state index is 12.1. The Hall–Kier alpha value is -2.12. The van der Waals surface area contributed by atoms with Gasteiger partial charge in [-0.05, 0) is 19.1 Å². The summed E-state index contributed by atoms with van der Waals surface area (Å²) in [6, 6.07) is 1.21. The third-order valence-electron chi connectivity index (χ3n) is 2.16. The number of carboxylic acid groups (broad SMARTS) is 1. The summed E-state index contributed by atoms with van der Waals surface area (Å²) < 4.78 is 36.2. The first kappa shape index (κ1) is 14.9. The molecule has 1 aromatic heterocycles. The van der Waals surface area contributed by atoms with E-state index in [1.165, 1.54) is 13.0 Å². The minimum Gasteiger partial charge on any atom is -0.477 e. The van der Waals surface area contributed by atoms with Gasteiger partial charge in [-0.1, -0.05) is 0 Å². The lowest BCUT2D eigenvalue weighted by Crippen LogP contribution is -2.36. The van der Waals surface area contributed by atoms with Crippen LogP contribution < -0.4 is 5.32 Å². The van der Waals surface area contributed by atoms with Gasteiger partial charge >= 0.3 is 12.1 Å². The summed E-state index contributed by atoms with van der Waals surface area (Å²) in [5.74, 6) is -1.99. The van der Waals surface area contributed by atoms with E-state index >= 15 is 0 Å². The van der Waals surface area contributed by atoms with Crippen LogP contribution in [0.15, 0.2) is 18.3 Å². The number of pyridine rings is 1. The van der Waals surface area contributed by atoms with Crippen LogP contribution in [-0.2, 0) is 0 Å². The number of aromatic carboxylic acids is 1. The van der Waals surface area contributed by atoms with Crippen molar-refractivity contribution in [3.63, 3.8) is 0 Å². The van der Waals surface area contributed by atoms with Crippen molar-refractivity contribution in [3.8, 4) is 0 Å². The summed E-state index contributed by atoms with van der Waals surface area (Å²) in [6.07, 6.45) is -4.50. The molecule has 0 aliphatic heterocycles. The van der Waals surface area contributed by atoms with Gasteiger partial charge in [-0.3, -0.25) is 4.79 Å². The molecule has 1 aromatic rings. The highest BCUT2D eigenvalue weighted by Gasteiger charge is 2.30. The molecule has 19 heavy (non-hydrogen) atoms. The number of carbonyl (C=O) groups excluding carboxylic acids is 1. The number of alkyl halides is 3. The Morgan fingerprint density at radius 1 is 1.42 bits per heavy atom. The minimum absolute atomic E-state index is 0.000903. The summed E-state index contributed by atoms with van der Waals surface area (Å²) in [7, 11) is 0. The minimum atomic E-state index is -4.36. The van der Waals surface area contributed by atoms with E-state index in [2.05, 4.69) is 10.3 Å². The molecule has 0 aliphatic carbocycles. The van der Waals surface area contributed by atoms with Crippen LogP contribution in [-0.4, -0.2) is 34.2 Å². The SMILES string of the molecule is CC(CC(F)(F)F)NC(=O)c1ccc(C(=O)O)nc1. The largest absolute Gasteiger partial charge is 0.477 e. The molecule has 1 rings (SSSR count). The zero-order valence-electron chi connectivity index (χ0n) is 9.86. The molecule has 0 saturated heterocycles. The van der Waals surface area contributed by atoms with Gasteiger partial charge in [0, 0.05) is 12.2 Å². The summed E-state index contributed by atoms with van der Waals surface area (Å²) in [4.78, 5) is 25.6. The second-order valence-electron chi connectivity index (χ2n) is 3.93. The summed E-state index contributed by atoms with van der Waals surface area (Å²) >= 11 is 0. The Balaban J connectivity index is 2.65. The van der Waals surface area contributed by atoms with Gasteiger partial charge in [-0.2, -0.15) is 13.2 Å². The van der Waals surface area contributed by atoms with Crippen molar-refractivity contribution >= 4 is 11.9 Å². The standard InChI is InChI=1S/C11H11F3N2O3/c1-6(4-11(12,13)14)16-9(17)7-2-3-8(10(18)19)15-5-7/h2-3,5-6H,4H2,1H3,(H,16,17)(H,18,19). The van der Waals surface area contributed by atoms with Gasteiger partial charge in [-0.25, -0.2) is 9.78 Å². The molecule has 0 bridgehead atoms. The Kier molecular flexibility index (Phi) is 4.47. The van der Waals surface area contributed by atoms with Crippen molar-refractivity contribution in [2.45, 2.75) is 25.6 Å². The molecule has 0 saturated carbocycles. The molecule has 0 aliphatic rings. The fraction of sp³-hybridized carbons (Fsp3) is 0.364. The van der Waals surface area contributed by atoms with Crippen molar-refractivity contribution in [3.05, 3.63) is 29.6 Å². The molecule has 0 spiro atoms. The predicted molar refractivity (Wildman–Crippen MR) is 58.8 cm³/mol. The van der Waals surface area contributed by atoms with Crippen LogP contribution in [0.3, 0.4) is 0 Å². The average molecular weight is 276 g/mol. The highest BCUT2D eigenvalue weighted by atomic mass is 19.4. The zero-order chi connectivity index (χ0) is 14.6. The van der Waals surface area contributed by atoms with E-state index in [0.29, 0.717) is 0 Å².